The van der Waals surface area contributed by atoms with Crippen LogP contribution in [0.25, 0.3) is 0 Å². The van der Waals surface area contributed by atoms with Crippen LogP contribution in [0.2, 0.25) is 0 Å². The Kier molecular flexibility index (Phi) is 8.28. The van der Waals surface area contributed by atoms with Gasteiger partial charge in [0.25, 0.3) is 10.1 Å². The molecule has 2 aromatic carbocycles. The van der Waals surface area contributed by atoms with E-state index in [1.54, 1.807) is 18.0 Å². The van der Waals surface area contributed by atoms with E-state index >= 15 is 0 Å². The number of benzene rings is 2. The monoisotopic (exact) mass is 461 g/mol. The number of nitrogens with zero attached hydrogens (tertiary/aromatic N) is 1. The van der Waals surface area contributed by atoms with Gasteiger partial charge in [0.2, 0.25) is 0 Å². The summed E-state index contributed by atoms with van der Waals surface area (Å²) in [4.78, 5) is 14.0. The lowest BCUT2D eigenvalue weighted by Gasteiger charge is -2.34. The molecular weight excluding hydrogens is 430 g/mol. The van der Waals surface area contributed by atoms with Crippen LogP contribution in [0, 0.1) is 6.92 Å². The number of hydrogen-bond donors (Lipinski definition) is 1. The second-order valence-electron chi connectivity index (χ2n) is 8.27. The zero-order valence-electron chi connectivity index (χ0n) is 18.6. The van der Waals surface area contributed by atoms with Crippen molar-refractivity contribution in [1.29, 1.82) is 0 Å². The van der Waals surface area contributed by atoms with Gasteiger partial charge in [-0.2, -0.15) is 8.42 Å². The van der Waals surface area contributed by atoms with E-state index < -0.39 is 10.1 Å². The number of ether oxygens (including phenoxy) is 2. The summed E-state index contributed by atoms with van der Waals surface area (Å²) in [5, 5.41) is 0. The largest absolute Gasteiger partial charge is 0.445 e. The predicted molar refractivity (Wildman–Crippen MR) is 121 cm³/mol. The standard InChI is InChI=1S/C24H31NO6S/c1-18-8-13-23(32(27,28)29)16-20(18)14-15-30-22-11-9-21(10-12-22)25(2)24(26)31-17-19-6-4-3-5-7-19/h3-8,13,16,21-22H,9-12,14-15,17H2,1-2H3,(H,27,28,29). The Morgan fingerprint density at radius 1 is 1.09 bits per heavy atom. The number of rotatable bonds is 8. The Morgan fingerprint density at radius 2 is 1.78 bits per heavy atom. The second-order valence-corrected chi connectivity index (χ2v) is 9.69. The molecule has 0 spiro atoms. The molecule has 3 rings (SSSR count). The molecule has 0 aliphatic heterocycles. The Morgan fingerprint density at radius 3 is 2.44 bits per heavy atom. The zero-order chi connectivity index (χ0) is 23.1. The molecule has 1 aliphatic rings. The van der Waals surface area contributed by atoms with Crippen LogP contribution in [0.15, 0.2) is 53.4 Å². The Labute approximate surface area is 190 Å². The Hall–Kier alpha value is -2.42. The molecule has 0 bridgehead atoms. The maximum Gasteiger partial charge on any atom is 0.410 e. The van der Waals surface area contributed by atoms with E-state index in [4.69, 9.17) is 9.47 Å². The summed E-state index contributed by atoms with van der Waals surface area (Å²) < 4.78 is 43.4. The maximum absolute atomic E-state index is 12.4. The molecule has 174 valence electrons. The average molecular weight is 462 g/mol. The van der Waals surface area contributed by atoms with Gasteiger partial charge in [-0.1, -0.05) is 36.4 Å². The van der Waals surface area contributed by atoms with Crippen molar-refractivity contribution < 1.29 is 27.2 Å². The van der Waals surface area contributed by atoms with E-state index in [0.717, 1.165) is 42.4 Å². The molecular formula is C24H31NO6S. The van der Waals surface area contributed by atoms with Crippen molar-refractivity contribution in [3.8, 4) is 0 Å². The van der Waals surface area contributed by atoms with Gasteiger partial charge < -0.3 is 14.4 Å². The van der Waals surface area contributed by atoms with Crippen LogP contribution in [-0.4, -0.2) is 49.8 Å². The van der Waals surface area contributed by atoms with Gasteiger partial charge in [0, 0.05) is 13.1 Å². The van der Waals surface area contributed by atoms with Gasteiger partial charge in [-0.3, -0.25) is 4.55 Å². The molecule has 8 heteroatoms. The third-order valence-electron chi connectivity index (χ3n) is 6.03. The lowest BCUT2D eigenvalue weighted by atomic mass is 9.92. The summed E-state index contributed by atoms with van der Waals surface area (Å²) in [5.74, 6) is 0. The minimum atomic E-state index is -4.21. The lowest BCUT2D eigenvalue weighted by Crippen LogP contribution is -2.41. The number of hydrogen-bond acceptors (Lipinski definition) is 5. The van der Waals surface area contributed by atoms with E-state index in [1.807, 2.05) is 37.3 Å². The van der Waals surface area contributed by atoms with E-state index in [1.165, 1.54) is 12.1 Å². The van der Waals surface area contributed by atoms with Crippen molar-refractivity contribution in [2.75, 3.05) is 13.7 Å². The third-order valence-corrected chi connectivity index (χ3v) is 6.88. The molecule has 0 saturated heterocycles. The molecule has 1 fully saturated rings. The molecule has 0 atom stereocenters. The molecule has 7 nitrogen and oxygen atoms in total. The first-order valence-corrected chi connectivity index (χ1v) is 12.3. The minimum absolute atomic E-state index is 0.0965. The molecule has 1 N–H and O–H groups in total. The molecule has 32 heavy (non-hydrogen) atoms. The summed E-state index contributed by atoms with van der Waals surface area (Å²) >= 11 is 0. The minimum Gasteiger partial charge on any atom is -0.445 e. The molecule has 0 radical (unpaired) electrons. The number of amides is 1. The van der Waals surface area contributed by atoms with E-state index in [0.29, 0.717) is 13.0 Å². The zero-order valence-corrected chi connectivity index (χ0v) is 19.4. The summed E-state index contributed by atoms with van der Waals surface area (Å²) in [5.41, 5.74) is 2.76. The summed E-state index contributed by atoms with van der Waals surface area (Å²) in [6, 6.07) is 14.3. The highest BCUT2D eigenvalue weighted by Gasteiger charge is 2.27. The van der Waals surface area contributed by atoms with Crippen LogP contribution in [0.5, 0.6) is 0 Å². The highest BCUT2D eigenvalue weighted by molar-refractivity contribution is 7.85. The van der Waals surface area contributed by atoms with Crippen LogP contribution < -0.4 is 0 Å². The summed E-state index contributed by atoms with van der Waals surface area (Å²) in [6.45, 7) is 2.64. The fourth-order valence-electron chi connectivity index (χ4n) is 3.98. The maximum atomic E-state index is 12.4. The van der Waals surface area contributed by atoms with Crippen LogP contribution in [-0.2, 0) is 32.6 Å². The first kappa shape index (κ1) is 24.2. The average Bonchev–Trinajstić information content (AvgIpc) is 2.78. The molecule has 1 amide bonds. The molecule has 2 aromatic rings. The number of carbonyl (C=O) groups excluding carboxylic acids is 1. The topological polar surface area (TPSA) is 93.1 Å². The van der Waals surface area contributed by atoms with Gasteiger partial charge in [0.15, 0.2) is 0 Å². The van der Waals surface area contributed by atoms with Crippen molar-refractivity contribution in [3.63, 3.8) is 0 Å². The van der Waals surface area contributed by atoms with Gasteiger partial charge in [0.1, 0.15) is 6.61 Å². The fourth-order valence-corrected chi connectivity index (χ4v) is 4.51. The smallest absolute Gasteiger partial charge is 0.410 e. The van der Waals surface area contributed by atoms with Crippen LogP contribution in [0.3, 0.4) is 0 Å². The fraction of sp³-hybridized carbons (Fsp3) is 0.458. The van der Waals surface area contributed by atoms with Gasteiger partial charge in [-0.05, 0) is 67.9 Å². The highest BCUT2D eigenvalue weighted by atomic mass is 32.2. The van der Waals surface area contributed by atoms with Gasteiger partial charge in [0.05, 0.1) is 17.6 Å². The van der Waals surface area contributed by atoms with Gasteiger partial charge >= 0.3 is 6.09 Å². The van der Waals surface area contributed by atoms with E-state index in [9.17, 15) is 17.8 Å². The number of aryl methyl sites for hydroxylation is 1. The van der Waals surface area contributed by atoms with Gasteiger partial charge in [-0.15, -0.1) is 0 Å². The highest BCUT2D eigenvalue weighted by Crippen LogP contribution is 2.25. The predicted octanol–water partition coefficient (Wildman–Crippen LogP) is 4.38. The first-order chi connectivity index (χ1) is 15.2. The Bertz CT molecular complexity index is 1000. The van der Waals surface area contributed by atoms with Crippen LogP contribution >= 0.6 is 0 Å². The van der Waals surface area contributed by atoms with Crippen LogP contribution in [0.1, 0.15) is 42.4 Å². The molecule has 0 heterocycles. The summed E-state index contributed by atoms with van der Waals surface area (Å²) in [6.07, 6.45) is 3.77. The van der Waals surface area contributed by atoms with Crippen LogP contribution in [0.4, 0.5) is 4.79 Å². The van der Waals surface area contributed by atoms with Crippen molar-refractivity contribution >= 4 is 16.2 Å². The SMILES string of the molecule is Cc1ccc(S(=O)(=O)O)cc1CCOC1CCC(N(C)C(=O)OCc2ccccc2)CC1. The van der Waals surface area contributed by atoms with Crippen molar-refractivity contribution in [1.82, 2.24) is 4.90 Å². The second kappa shape index (κ2) is 10.9. The third kappa shape index (κ3) is 6.79. The summed E-state index contributed by atoms with van der Waals surface area (Å²) in [7, 11) is -2.43. The Balaban J connectivity index is 1.41. The molecule has 1 aliphatic carbocycles. The van der Waals surface area contributed by atoms with Gasteiger partial charge in [-0.25, -0.2) is 4.79 Å². The molecule has 0 unspecified atom stereocenters. The quantitative estimate of drug-likeness (QED) is 0.587. The van der Waals surface area contributed by atoms with E-state index in [-0.39, 0.29) is 29.7 Å². The molecule has 1 saturated carbocycles. The molecule has 0 aromatic heterocycles. The first-order valence-electron chi connectivity index (χ1n) is 10.9. The van der Waals surface area contributed by atoms with Crippen molar-refractivity contribution in [2.45, 2.75) is 62.7 Å². The van der Waals surface area contributed by atoms with Crippen molar-refractivity contribution in [3.05, 3.63) is 65.2 Å². The van der Waals surface area contributed by atoms with E-state index in [2.05, 4.69) is 0 Å². The van der Waals surface area contributed by atoms with Crippen molar-refractivity contribution in [2.24, 2.45) is 0 Å². The number of carbonyl (C=O) groups is 1. The lowest BCUT2D eigenvalue weighted by molar-refractivity contribution is 0.00982. The normalized spacial score (nSPS) is 18.8.